The smallest absolute Gasteiger partial charge is 0.249 e. The Labute approximate surface area is 133 Å². The number of hydrogen-bond donors (Lipinski definition) is 1. The van der Waals surface area contributed by atoms with E-state index in [2.05, 4.69) is 5.32 Å². The highest BCUT2D eigenvalue weighted by Gasteiger charge is 2.32. The van der Waals surface area contributed by atoms with Crippen LogP contribution in [0.2, 0.25) is 0 Å². The molecule has 114 valence electrons. The van der Waals surface area contributed by atoms with Gasteiger partial charge in [0, 0.05) is 0 Å². The Balaban J connectivity index is 1.94. The van der Waals surface area contributed by atoms with Crippen molar-refractivity contribution in [3.05, 3.63) is 46.2 Å². The summed E-state index contributed by atoms with van der Waals surface area (Å²) in [5, 5.41) is 5.15. The van der Waals surface area contributed by atoms with Crippen molar-refractivity contribution < 1.29 is 9.59 Å². The molecule has 1 aromatic heterocycles. The molecule has 0 bridgehead atoms. The number of amides is 1. The predicted octanol–water partition coefficient (Wildman–Crippen LogP) is 3.48. The standard InChI is InChI=1S/C17H18N2O2S/c1-3-12-17(21)19(10-15(20)16-5-4-8-22-16)14-7-6-11(2)9-13(14)18-12/h4-9,12,18H,3,10H2,1-2H3. The Hall–Kier alpha value is -2.14. The van der Waals surface area contributed by atoms with E-state index in [1.807, 2.05) is 43.5 Å². The minimum atomic E-state index is -0.273. The quantitative estimate of drug-likeness (QED) is 0.879. The number of carbonyl (C=O) groups excluding carboxylic acids is 2. The highest BCUT2D eigenvalue weighted by atomic mass is 32.1. The first kappa shape index (κ1) is 14.8. The molecular weight excluding hydrogens is 296 g/mol. The topological polar surface area (TPSA) is 49.4 Å². The van der Waals surface area contributed by atoms with E-state index in [0.717, 1.165) is 16.9 Å². The molecule has 1 N–H and O–H groups in total. The maximum absolute atomic E-state index is 12.6. The summed E-state index contributed by atoms with van der Waals surface area (Å²) in [6.45, 7) is 4.07. The van der Waals surface area contributed by atoms with Crippen molar-refractivity contribution in [3.63, 3.8) is 0 Å². The fraction of sp³-hybridized carbons (Fsp3) is 0.294. The summed E-state index contributed by atoms with van der Waals surface area (Å²) in [6, 6.07) is 9.26. The van der Waals surface area contributed by atoms with Gasteiger partial charge in [-0.2, -0.15) is 0 Å². The lowest BCUT2D eigenvalue weighted by atomic mass is 10.0. The highest BCUT2D eigenvalue weighted by molar-refractivity contribution is 7.12. The molecule has 22 heavy (non-hydrogen) atoms. The van der Waals surface area contributed by atoms with Crippen molar-refractivity contribution >= 4 is 34.4 Å². The van der Waals surface area contributed by atoms with Crippen molar-refractivity contribution in [1.29, 1.82) is 0 Å². The van der Waals surface area contributed by atoms with E-state index in [1.54, 1.807) is 11.0 Å². The average Bonchev–Trinajstić information content (AvgIpc) is 3.04. The second-order valence-electron chi connectivity index (χ2n) is 5.45. The molecule has 1 aromatic carbocycles. The number of Topliss-reactive ketones (excluding diaryl/α,β-unsaturated/α-hetero) is 1. The third-order valence-electron chi connectivity index (χ3n) is 3.84. The average molecular weight is 314 g/mol. The first-order chi connectivity index (χ1) is 10.6. The Morgan fingerprint density at radius 1 is 1.36 bits per heavy atom. The second kappa shape index (κ2) is 5.93. The van der Waals surface area contributed by atoms with Gasteiger partial charge in [-0.3, -0.25) is 9.59 Å². The number of benzene rings is 1. The van der Waals surface area contributed by atoms with Crippen molar-refractivity contribution in [3.8, 4) is 0 Å². The Morgan fingerprint density at radius 2 is 2.18 bits per heavy atom. The SMILES string of the molecule is CCC1Nc2cc(C)ccc2N(CC(=O)c2cccs2)C1=O. The van der Waals surface area contributed by atoms with Crippen molar-refractivity contribution in [2.45, 2.75) is 26.3 Å². The third-order valence-corrected chi connectivity index (χ3v) is 4.75. The molecule has 3 rings (SSSR count). The van der Waals surface area contributed by atoms with Gasteiger partial charge in [0.15, 0.2) is 5.78 Å². The van der Waals surface area contributed by atoms with Gasteiger partial charge in [0.2, 0.25) is 5.91 Å². The van der Waals surface area contributed by atoms with E-state index >= 15 is 0 Å². The first-order valence-corrected chi connectivity index (χ1v) is 8.23. The van der Waals surface area contributed by atoms with Gasteiger partial charge in [0.1, 0.15) is 6.04 Å². The molecular formula is C17H18N2O2S. The van der Waals surface area contributed by atoms with Gasteiger partial charge in [-0.05, 0) is 42.5 Å². The number of aryl methyl sites for hydroxylation is 1. The highest BCUT2D eigenvalue weighted by Crippen LogP contribution is 2.33. The fourth-order valence-electron chi connectivity index (χ4n) is 2.66. The molecule has 4 nitrogen and oxygen atoms in total. The lowest BCUT2D eigenvalue weighted by Crippen LogP contribution is -2.48. The molecule has 5 heteroatoms. The van der Waals surface area contributed by atoms with Crippen LogP contribution < -0.4 is 10.2 Å². The molecule has 0 fully saturated rings. The summed E-state index contributed by atoms with van der Waals surface area (Å²) in [4.78, 5) is 27.3. The number of hydrogen-bond acceptors (Lipinski definition) is 4. The summed E-state index contributed by atoms with van der Waals surface area (Å²) < 4.78 is 0. The van der Waals surface area contributed by atoms with E-state index in [4.69, 9.17) is 0 Å². The van der Waals surface area contributed by atoms with Crippen LogP contribution in [0.25, 0.3) is 0 Å². The van der Waals surface area contributed by atoms with E-state index in [0.29, 0.717) is 11.3 Å². The van der Waals surface area contributed by atoms with Crippen LogP contribution in [0.5, 0.6) is 0 Å². The Morgan fingerprint density at radius 3 is 2.86 bits per heavy atom. The van der Waals surface area contributed by atoms with Gasteiger partial charge >= 0.3 is 0 Å². The molecule has 1 unspecified atom stereocenters. The van der Waals surface area contributed by atoms with Crippen LogP contribution in [-0.4, -0.2) is 24.3 Å². The summed E-state index contributed by atoms with van der Waals surface area (Å²) in [6.07, 6.45) is 0.690. The third kappa shape index (κ3) is 2.64. The number of rotatable bonds is 4. The predicted molar refractivity (Wildman–Crippen MR) is 89.9 cm³/mol. The first-order valence-electron chi connectivity index (χ1n) is 7.35. The van der Waals surface area contributed by atoms with Gasteiger partial charge in [-0.25, -0.2) is 0 Å². The molecule has 0 radical (unpaired) electrons. The number of nitrogens with zero attached hydrogens (tertiary/aromatic N) is 1. The molecule has 1 aliphatic rings. The van der Waals surface area contributed by atoms with Crippen LogP contribution in [-0.2, 0) is 4.79 Å². The number of thiophene rings is 1. The Bertz CT molecular complexity index is 709. The maximum atomic E-state index is 12.6. The number of carbonyl (C=O) groups is 2. The Kier molecular flexibility index (Phi) is 3.98. The van der Waals surface area contributed by atoms with Gasteiger partial charge in [-0.1, -0.05) is 19.1 Å². The van der Waals surface area contributed by atoms with Gasteiger partial charge < -0.3 is 10.2 Å². The monoisotopic (exact) mass is 314 g/mol. The van der Waals surface area contributed by atoms with Crippen molar-refractivity contribution in [2.24, 2.45) is 0 Å². The van der Waals surface area contributed by atoms with Crippen LogP contribution >= 0.6 is 11.3 Å². The van der Waals surface area contributed by atoms with Crippen LogP contribution in [0.15, 0.2) is 35.7 Å². The normalized spacial score (nSPS) is 17.1. The van der Waals surface area contributed by atoms with Crippen LogP contribution in [0, 0.1) is 6.92 Å². The molecule has 1 amide bonds. The van der Waals surface area contributed by atoms with Crippen LogP contribution in [0.4, 0.5) is 11.4 Å². The zero-order chi connectivity index (χ0) is 15.7. The number of anilines is 2. The van der Waals surface area contributed by atoms with Crippen LogP contribution in [0.1, 0.15) is 28.6 Å². The van der Waals surface area contributed by atoms with E-state index in [9.17, 15) is 9.59 Å². The molecule has 0 saturated carbocycles. The lowest BCUT2D eigenvalue weighted by molar-refractivity contribution is -0.119. The molecule has 2 heterocycles. The molecule has 0 spiro atoms. The number of nitrogens with one attached hydrogen (secondary N) is 1. The number of ketones is 1. The number of fused-ring (bicyclic) bond motifs is 1. The van der Waals surface area contributed by atoms with Crippen LogP contribution in [0.3, 0.4) is 0 Å². The fourth-order valence-corrected chi connectivity index (χ4v) is 3.31. The molecule has 0 aliphatic carbocycles. The molecule has 1 atom stereocenters. The summed E-state index contributed by atoms with van der Waals surface area (Å²) in [7, 11) is 0. The van der Waals surface area contributed by atoms with Crippen molar-refractivity contribution in [1.82, 2.24) is 0 Å². The lowest BCUT2D eigenvalue weighted by Gasteiger charge is -2.34. The van der Waals surface area contributed by atoms with Gasteiger partial charge in [0.25, 0.3) is 0 Å². The summed E-state index contributed by atoms with van der Waals surface area (Å²) in [5.41, 5.74) is 2.83. The minimum Gasteiger partial charge on any atom is -0.372 e. The van der Waals surface area contributed by atoms with E-state index < -0.39 is 0 Å². The van der Waals surface area contributed by atoms with E-state index in [-0.39, 0.29) is 24.3 Å². The second-order valence-corrected chi connectivity index (χ2v) is 6.40. The van der Waals surface area contributed by atoms with Crippen molar-refractivity contribution in [2.75, 3.05) is 16.8 Å². The zero-order valence-corrected chi connectivity index (χ0v) is 13.4. The largest absolute Gasteiger partial charge is 0.372 e. The zero-order valence-electron chi connectivity index (χ0n) is 12.6. The molecule has 2 aromatic rings. The minimum absolute atomic E-state index is 0.0216. The van der Waals surface area contributed by atoms with Gasteiger partial charge in [0.05, 0.1) is 22.8 Å². The molecule has 0 saturated heterocycles. The molecule has 1 aliphatic heterocycles. The summed E-state index contributed by atoms with van der Waals surface area (Å²) >= 11 is 1.41. The summed E-state index contributed by atoms with van der Waals surface area (Å²) in [5.74, 6) is -0.0598. The van der Waals surface area contributed by atoms with Gasteiger partial charge in [-0.15, -0.1) is 11.3 Å². The maximum Gasteiger partial charge on any atom is 0.249 e. The van der Waals surface area contributed by atoms with E-state index in [1.165, 1.54) is 11.3 Å².